The van der Waals surface area contributed by atoms with Crippen LogP contribution in [0.2, 0.25) is 0 Å². The number of aromatic nitrogens is 1. The summed E-state index contributed by atoms with van der Waals surface area (Å²) in [5.74, 6) is 0.284. The summed E-state index contributed by atoms with van der Waals surface area (Å²) < 4.78 is 1.45. The van der Waals surface area contributed by atoms with Crippen molar-refractivity contribution in [2.45, 2.75) is 33.0 Å². The van der Waals surface area contributed by atoms with Gasteiger partial charge in [-0.1, -0.05) is 37.3 Å². The zero-order valence-electron chi connectivity index (χ0n) is 14.8. The molecule has 0 saturated carbocycles. The van der Waals surface area contributed by atoms with E-state index in [9.17, 15) is 9.59 Å². The summed E-state index contributed by atoms with van der Waals surface area (Å²) in [6, 6.07) is 13.9. The van der Waals surface area contributed by atoms with E-state index in [-0.39, 0.29) is 24.1 Å². The van der Waals surface area contributed by atoms with Crippen LogP contribution >= 0.6 is 0 Å². The van der Waals surface area contributed by atoms with Crippen LogP contribution in [0.4, 0.5) is 0 Å². The quantitative estimate of drug-likeness (QED) is 0.904. The van der Waals surface area contributed by atoms with Crippen LogP contribution in [0.15, 0.2) is 53.5 Å². The topological polar surface area (TPSA) is 54.3 Å². The van der Waals surface area contributed by atoms with Crippen molar-refractivity contribution in [2.24, 2.45) is 5.92 Å². The van der Waals surface area contributed by atoms with Crippen molar-refractivity contribution >= 4 is 5.91 Å². The molecule has 1 N–H and O–H groups in total. The highest BCUT2D eigenvalue weighted by molar-refractivity contribution is 5.76. The van der Waals surface area contributed by atoms with Gasteiger partial charge >= 0.3 is 0 Å². The zero-order valence-corrected chi connectivity index (χ0v) is 14.8. The summed E-state index contributed by atoms with van der Waals surface area (Å²) in [4.78, 5) is 26.6. The molecule has 1 aliphatic heterocycles. The standard InChI is InChI=1S/C20H25N3O2/c1-15-8-9-23(20(25)10-15)14-19(24)21-18-13-22(11-16(18)2)12-17-6-4-3-5-7-17/h3-10,16,18H,11-14H2,1-2H3,(H,21,24). The van der Waals surface area contributed by atoms with E-state index in [0.717, 1.165) is 25.2 Å². The number of hydrogen-bond donors (Lipinski definition) is 1. The maximum atomic E-state index is 12.3. The lowest BCUT2D eigenvalue weighted by atomic mass is 10.1. The molecular formula is C20H25N3O2. The Bertz CT molecular complexity index is 785. The fourth-order valence-corrected chi connectivity index (χ4v) is 3.37. The Morgan fingerprint density at radius 1 is 1.20 bits per heavy atom. The molecule has 3 rings (SSSR count). The van der Waals surface area contributed by atoms with E-state index < -0.39 is 0 Å². The number of hydrogen-bond acceptors (Lipinski definition) is 3. The van der Waals surface area contributed by atoms with Crippen LogP contribution < -0.4 is 10.9 Å². The highest BCUT2D eigenvalue weighted by Crippen LogP contribution is 2.18. The average Bonchev–Trinajstić information content (AvgIpc) is 2.90. The molecule has 0 bridgehead atoms. The van der Waals surface area contributed by atoms with E-state index >= 15 is 0 Å². The molecule has 2 aromatic rings. The van der Waals surface area contributed by atoms with Gasteiger partial charge in [-0.2, -0.15) is 0 Å². The molecule has 1 aromatic heterocycles. The summed E-state index contributed by atoms with van der Waals surface area (Å²) in [5.41, 5.74) is 2.05. The van der Waals surface area contributed by atoms with Crippen LogP contribution in [0.25, 0.3) is 0 Å². The van der Waals surface area contributed by atoms with Gasteiger partial charge in [0.25, 0.3) is 5.56 Å². The molecule has 0 aliphatic carbocycles. The predicted octanol–water partition coefficient (Wildman–Crippen LogP) is 1.79. The minimum Gasteiger partial charge on any atom is -0.350 e. The fourth-order valence-electron chi connectivity index (χ4n) is 3.37. The van der Waals surface area contributed by atoms with Crippen LogP contribution in [0.1, 0.15) is 18.1 Å². The van der Waals surface area contributed by atoms with Crippen molar-refractivity contribution in [1.29, 1.82) is 0 Å². The number of amides is 1. The highest BCUT2D eigenvalue weighted by atomic mass is 16.2. The van der Waals surface area contributed by atoms with Crippen LogP contribution in [0, 0.1) is 12.8 Å². The third kappa shape index (κ3) is 4.57. The van der Waals surface area contributed by atoms with E-state index in [4.69, 9.17) is 0 Å². The van der Waals surface area contributed by atoms with Gasteiger partial charge in [0.1, 0.15) is 6.54 Å². The third-order valence-corrected chi connectivity index (χ3v) is 4.75. The van der Waals surface area contributed by atoms with Crippen molar-refractivity contribution in [2.75, 3.05) is 13.1 Å². The van der Waals surface area contributed by atoms with Gasteiger partial charge in [-0.15, -0.1) is 0 Å². The SMILES string of the molecule is Cc1ccn(CC(=O)NC2CN(Cc3ccccc3)CC2C)c(=O)c1. The molecule has 1 fully saturated rings. The smallest absolute Gasteiger partial charge is 0.251 e. The van der Waals surface area contributed by atoms with Crippen molar-refractivity contribution in [3.05, 3.63) is 70.1 Å². The van der Waals surface area contributed by atoms with Crippen molar-refractivity contribution in [3.63, 3.8) is 0 Å². The summed E-state index contributed by atoms with van der Waals surface area (Å²) in [6.45, 7) is 6.80. The van der Waals surface area contributed by atoms with Gasteiger partial charge in [0.2, 0.25) is 5.91 Å². The number of likely N-dealkylation sites (tertiary alicyclic amines) is 1. The summed E-state index contributed by atoms with van der Waals surface area (Å²) in [7, 11) is 0. The van der Waals surface area contributed by atoms with Gasteiger partial charge in [0, 0.05) is 37.9 Å². The second-order valence-electron chi connectivity index (χ2n) is 7.00. The first-order valence-electron chi connectivity index (χ1n) is 8.74. The van der Waals surface area contributed by atoms with Crippen molar-refractivity contribution in [1.82, 2.24) is 14.8 Å². The van der Waals surface area contributed by atoms with E-state index in [1.807, 2.05) is 31.2 Å². The summed E-state index contributed by atoms with van der Waals surface area (Å²) in [5, 5.41) is 3.09. The number of rotatable bonds is 5. The molecule has 1 amide bonds. The average molecular weight is 339 g/mol. The maximum Gasteiger partial charge on any atom is 0.251 e. The lowest BCUT2D eigenvalue weighted by Gasteiger charge is -2.18. The lowest BCUT2D eigenvalue weighted by molar-refractivity contribution is -0.122. The third-order valence-electron chi connectivity index (χ3n) is 4.75. The Morgan fingerprint density at radius 3 is 2.68 bits per heavy atom. The first kappa shape index (κ1) is 17.4. The second-order valence-corrected chi connectivity index (χ2v) is 7.00. The molecule has 1 saturated heterocycles. The molecular weight excluding hydrogens is 314 g/mol. The molecule has 132 valence electrons. The number of pyridine rings is 1. The predicted molar refractivity (Wildman–Crippen MR) is 98.3 cm³/mol. The largest absolute Gasteiger partial charge is 0.350 e. The van der Waals surface area contributed by atoms with Crippen molar-refractivity contribution < 1.29 is 4.79 Å². The Kier molecular flexibility index (Phi) is 5.34. The minimum atomic E-state index is -0.139. The number of benzene rings is 1. The number of nitrogens with one attached hydrogen (secondary N) is 1. The van der Waals surface area contributed by atoms with Gasteiger partial charge in [0.15, 0.2) is 0 Å². The Balaban J connectivity index is 1.55. The zero-order chi connectivity index (χ0) is 17.8. The van der Waals surface area contributed by atoms with Gasteiger partial charge in [-0.05, 0) is 30.0 Å². The van der Waals surface area contributed by atoms with E-state index in [1.54, 1.807) is 12.3 Å². The first-order valence-corrected chi connectivity index (χ1v) is 8.74. The molecule has 2 unspecified atom stereocenters. The Hall–Kier alpha value is -2.40. The molecule has 2 atom stereocenters. The lowest BCUT2D eigenvalue weighted by Crippen LogP contribution is -2.42. The van der Waals surface area contributed by atoms with Crippen LogP contribution in [0.5, 0.6) is 0 Å². The molecule has 5 nitrogen and oxygen atoms in total. The van der Waals surface area contributed by atoms with E-state index in [1.165, 1.54) is 10.1 Å². The van der Waals surface area contributed by atoms with Gasteiger partial charge < -0.3 is 9.88 Å². The monoisotopic (exact) mass is 339 g/mol. The molecule has 25 heavy (non-hydrogen) atoms. The van der Waals surface area contributed by atoms with Gasteiger partial charge in [-0.25, -0.2) is 0 Å². The second kappa shape index (κ2) is 7.66. The maximum absolute atomic E-state index is 12.3. The van der Waals surface area contributed by atoms with E-state index in [0.29, 0.717) is 5.92 Å². The van der Waals surface area contributed by atoms with Gasteiger partial charge in [0.05, 0.1) is 0 Å². The first-order chi connectivity index (χ1) is 12.0. The summed E-state index contributed by atoms with van der Waals surface area (Å²) >= 11 is 0. The molecule has 1 aliphatic rings. The normalized spacial score (nSPS) is 20.6. The van der Waals surface area contributed by atoms with Crippen molar-refractivity contribution in [3.8, 4) is 0 Å². The summed E-state index contributed by atoms with van der Waals surface area (Å²) in [6.07, 6.45) is 1.68. The number of nitrogens with zero attached hydrogens (tertiary/aromatic N) is 2. The number of aryl methyl sites for hydroxylation is 1. The number of carbonyl (C=O) groups excluding carboxylic acids is 1. The number of carbonyl (C=O) groups is 1. The van der Waals surface area contributed by atoms with Crippen LogP contribution in [-0.4, -0.2) is 34.5 Å². The molecule has 0 spiro atoms. The Morgan fingerprint density at radius 2 is 1.96 bits per heavy atom. The minimum absolute atomic E-state index is 0.0705. The molecule has 5 heteroatoms. The molecule has 1 aromatic carbocycles. The van der Waals surface area contributed by atoms with E-state index in [2.05, 4.69) is 29.3 Å². The Labute approximate surface area is 148 Å². The molecule has 2 heterocycles. The van der Waals surface area contributed by atoms with Gasteiger partial charge in [-0.3, -0.25) is 14.5 Å². The van der Waals surface area contributed by atoms with Crippen LogP contribution in [0.3, 0.4) is 0 Å². The fraction of sp³-hybridized carbons (Fsp3) is 0.400. The van der Waals surface area contributed by atoms with Crippen LogP contribution in [-0.2, 0) is 17.9 Å². The highest BCUT2D eigenvalue weighted by Gasteiger charge is 2.30. The molecule has 0 radical (unpaired) electrons.